The van der Waals surface area contributed by atoms with Crippen LogP contribution in [0.4, 0.5) is 4.79 Å². The number of hydrogen-bond acceptors (Lipinski definition) is 4. The molecule has 0 aliphatic rings. The third-order valence-electron chi connectivity index (χ3n) is 2.21. The Kier molecular flexibility index (Phi) is 5.37. The highest BCUT2D eigenvalue weighted by Crippen LogP contribution is 2.07. The second-order valence-electron chi connectivity index (χ2n) is 4.07. The Labute approximate surface area is 105 Å². The van der Waals surface area contributed by atoms with Crippen LogP contribution in [0.1, 0.15) is 17.6 Å². The normalized spacial score (nSPS) is 12.2. The number of carbonyl (C=O) groups is 1. The molecule has 1 atom stereocenters. The molecule has 0 aromatic carbocycles. The lowest BCUT2D eigenvalue weighted by Crippen LogP contribution is -2.41. The van der Waals surface area contributed by atoms with Crippen molar-refractivity contribution in [2.45, 2.75) is 26.4 Å². The second-order valence-corrected chi connectivity index (χ2v) is 5.13. The number of amides is 2. The molecule has 0 aliphatic heterocycles. The van der Waals surface area contributed by atoms with E-state index in [-0.39, 0.29) is 6.03 Å². The van der Waals surface area contributed by atoms with E-state index in [1.165, 1.54) is 4.90 Å². The van der Waals surface area contributed by atoms with Gasteiger partial charge in [0, 0.05) is 31.9 Å². The highest BCUT2D eigenvalue weighted by Gasteiger charge is 2.09. The summed E-state index contributed by atoms with van der Waals surface area (Å²) < 4.78 is 0. The van der Waals surface area contributed by atoms with Crippen LogP contribution in [0.2, 0.25) is 0 Å². The van der Waals surface area contributed by atoms with E-state index >= 15 is 0 Å². The molecular weight excluding hydrogens is 238 g/mol. The van der Waals surface area contributed by atoms with Crippen LogP contribution in [-0.4, -0.2) is 47.3 Å². The molecule has 5 nitrogen and oxygen atoms in total. The van der Waals surface area contributed by atoms with Crippen molar-refractivity contribution < 1.29 is 9.90 Å². The molecule has 0 saturated heterocycles. The van der Waals surface area contributed by atoms with E-state index in [0.717, 1.165) is 17.1 Å². The van der Waals surface area contributed by atoms with Gasteiger partial charge in [-0.15, -0.1) is 11.3 Å². The third-order valence-corrected chi connectivity index (χ3v) is 3.03. The monoisotopic (exact) mass is 257 g/mol. The van der Waals surface area contributed by atoms with E-state index in [0.29, 0.717) is 13.1 Å². The summed E-state index contributed by atoms with van der Waals surface area (Å²) in [6.45, 7) is 4.51. The van der Waals surface area contributed by atoms with Gasteiger partial charge in [-0.1, -0.05) is 0 Å². The Morgan fingerprint density at radius 1 is 1.71 bits per heavy atom. The minimum atomic E-state index is -0.507. The number of urea groups is 1. The lowest BCUT2D eigenvalue weighted by Gasteiger charge is -2.19. The van der Waals surface area contributed by atoms with Gasteiger partial charge in [0.25, 0.3) is 0 Å². The van der Waals surface area contributed by atoms with Crippen LogP contribution >= 0.6 is 11.3 Å². The van der Waals surface area contributed by atoms with Crippen molar-refractivity contribution in [3.05, 3.63) is 16.1 Å². The summed E-state index contributed by atoms with van der Waals surface area (Å²) in [6, 6.07) is -0.169. The highest BCUT2D eigenvalue weighted by molar-refractivity contribution is 7.09. The number of aryl methyl sites for hydroxylation is 1. The summed E-state index contributed by atoms with van der Waals surface area (Å²) in [5, 5.41) is 15.0. The number of nitrogens with zero attached hydrogens (tertiary/aromatic N) is 2. The lowest BCUT2D eigenvalue weighted by atomic mass is 10.3. The molecule has 2 amide bonds. The predicted molar refractivity (Wildman–Crippen MR) is 68.3 cm³/mol. The first kappa shape index (κ1) is 13.9. The summed E-state index contributed by atoms with van der Waals surface area (Å²) in [5.41, 5.74) is 1.01. The Balaban J connectivity index is 2.24. The number of aliphatic hydroxyl groups excluding tert-OH is 1. The van der Waals surface area contributed by atoms with Crippen molar-refractivity contribution in [3.8, 4) is 0 Å². The van der Waals surface area contributed by atoms with Crippen LogP contribution in [0.25, 0.3) is 0 Å². The Morgan fingerprint density at radius 3 is 2.94 bits per heavy atom. The molecule has 1 aromatic rings. The molecule has 6 heteroatoms. The molecule has 0 saturated carbocycles. The predicted octanol–water partition coefficient (Wildman–Crippen LogP) is 1.02. The Hall–Kier alpha value is -1.14. The zero-order valence-electron chi connectivity index (χ0n) is 10.4. The molecule has 1 rings (SSSR count). The molecule has 0 spiro atoms. The van der Waals surface area contributed by atoms with Crippen LogP contribution in [0.5, 0.6) is 0 Å². The molecular formula is C11H19N3O2S. The zero-order chi connectivity index (χ0) is 12.8. The van der Waals surface area contributed by atoms with Gasteiger partial charge in [0.15, 0.2) is 0 Å². The number of aromatic nitrogens is 1. The molecule has 0 radical (unpaired) electrons. The van der Waals surface area contributed by atoms with E-state index in [2.05, 4.69) is 10.3 Å². The number of aliphatic hydroxyl groups is 1. The number of hydrogen-bond donors (Lipinski definition) is 2. The summed E-state index contributed by atoms with van der Waals surface area (Å²) in [5.74, 6) is 0. The second kappa shape index (κ2) is 6.56. The molecule has 0 aliphatic carbocycles. The number of carbonyl (C=O) groups excluding carboxylic acids is 1. The molecule has 1 aromatic heterocycles. The molecule has 17 heavy (non-hydrogen) atoms. The molecule has 1 heterocycles. The van der Waals surface area contributed by atoms with Gasteiger partial charge < -0.3 is 15.3 Å². The molecule has 2 N–H and O–H groups in total. The molecule has 0 bridgehead atoms. The van der Waals surface area contributed by atoms with E-state index in [1.54, 1.807) is 25.3 Å². The average molecular weight is 257 g/mol. The van der Waals surface area contributed by atoms with Gasteiger partial charge in [-0.3, -0.25) is 0 Å². The zero-order valence-corrected chi connectivity index (χ0v) is 11.3. The maximum absolute atomic E-state index is 11.6. The molecule has 1 unspecified atom stereocenters. The Bertz CT molecular complexity index is 365. The fourth-order valence-electron chi connectivity index (χ4n) is 1.43. The third kappa shape index (κ3) is 5.14. The van der Waals surface area contributed by atoms with E-state index in [4.69, 9.17) is 5.11 Å². The summed E-state index contributed by atoms with van der Waals surface area (Å²) in [6.07, 6.45) is 0.227. The maximum Gasteiger partial charge on any atom is 0.317 e. The van der Waals surface area contributed by atoms with Crippen LogP contribution in [-0.2, 0) is 6.42 Å². The first-order valence-electron chi connectivity index (χ1n) is 5.57. The van der Waals surface area contributed by atoms with Gasteiger partial charge in [0.1, 0.15) is 0 Å². The van der Waals surface area contributed by atoms with Gasteiger partial charge in [-0.2, -0.15) is 0 Å². The van der Waals surface area contributed by atoms with Gasteiger partial charge in [0.2, 0.25) is 0 Å². The molecule has 96 valence electrons. The summed E-state index contributed by atoms with van der Waals surface area (Å²) in [7, 11) is 1.66. The van der Waals surface area contributed by atoms with E-state index in [1.807, 2.05) is 12.3 Å². The average Bonchev–Trinajstić information content (AvgIpc) is 2.63. The SMILES string of the molecule is Cc1nc(CCNC(=O)N(C)CC(C)O)cs1. The quantitative estimate of drug-likeness (QED) is 0.827. The minimum absolute atomic E-state index is 0.169. The van der Waals surface area contributed by atoms with E-state index < -0.39 is 6.10 Å². The van der Waals surface area contributed by atoms with Crippen LogP contribution in [0.15, 0.2) is 5.38 Å². The topological polar surface area (TPSA) is 65.5 Å². The number of rotatable bonds is 5. The number of nitrogens with one attached hydrogen (secondary N) is 1. The maximum atomic E-state index is 11.6. The first-order chi connectivity index (χ1) is 7.99. The number of likely N-dealkylation sites (N-methyl/N-ethyl adjacent to an activating group) is 1. The minimum Gasteiger partial charge on any atom is -0.392 e. The van der Waals surface area contributed by atoms with Gasteiger partial charge in [-0.05, 0) is 13.8 Å². The fourth-order valence-corrected chi connectivity index (χ4v) is 2.08. The summed E-state index contributed by atoms with van der Waals surface area (Å²) >= 11 is 1.61. The van der Waals surface area contributed by atoms with Crippen molar-refractivity contribution in [1.29, 1.82) is 0 Å². The van der Waals surface area contributed by atoms with Gasteiger partial charge >= 0.3 is 6.03 Å². The van der Waals surface area contributed by atoms with Crippen molar-refractivity contribution in [2.24, 2.45) is 0 Å². The first-order valence-corrected chi connectivity index (χ1v) is 6.45. The fraction of sp³-hybridized carbons (Fsp3) is 0.636. The lowest BCUT2D eigenvalue weighted by molar-refractivity contribution is 0.144. The van der Waals surface area contributed by atoms with Crippen molar-refractivity contribution in [1.82, 2.24) is 15.2 Å². The standard InChI is InChI=1S/C11H19N3O2S/c1-8(15)6-14(3)11(16)12-5-4-10-7-17-9(2)13-10/h7-8,15H,4-6H2,1-3H3,(H,12,16). The largest absolute Gasteiger partial charge is 0.392 e. The van der Waals surface area contributed by atoms with Crippen LogP contribution < -0.4 is 5.32 Å². The Morgan fingerprint density at radius 2 is 2.41 bits per heavy atom. The van der Waals surface area contributed by atoms with Crippen molar-refractivity contribution >= 4 is 17.4 Å². The van der Waals surface area contributed by atoms with Gasteiger partial charge in [-0.25, -0.2) is 9.78 Å². The van der Waals surface area contributed by atoms with Crippen LogP contribution in [0, 0.1) is 6.92 Å². The number of thiazole rings is 1. The highest BCUT2D eigenvalue weighted by atomic mass is 32.1. The van der Waals surface area contributed by atoms with Crippen molar-refractivity contribution in [3.63, 3.8) is 0 Å². The van der Waals surface area contributed by atoms with Gasteiger partial charge in [0.05, 0.1) is 16.8 Å². The van der Waals surface area contributed by atoms with E-state index in [9.17, 15) is 4.79 Å². The van der Waals surface area contributed by atoms with Crippen LogP contribution in [0.3, 0.4) is 0 Å². The smallest absolute Gasteiger partial charge is 0.317 e. The summed E-state index contributed by atoms with van der Waals surface area (Å²) in [4.78, 5) is 17.3. The molecule has 0 fully saturated rings. The van der Waals surface area contributed by atoms with Crippen molar-refractivity contribution in [2.75, 3.05) is 20.1 Å².